The van der Waals surface area contributed by atoms with Crippen molar-refractivity contribution in [3.63, 3.8) is 0 Å². The molecule has 3 aromatic carbocycles. The van der Waals surface area contributed by atoms with E-state index in [0.29, 0.717) is 11.4 Å². The van der Waals surface area contributed by atoms with Crippen LogP contribution in [0.2, 0.25) is 0 Å². The van der Waals surface area contributed by atoms with Gasteiger partial charge in [-0.05, 0) is 49.4 Å². The Hall–Kier alpha value is -3.39. The Kier molecular flexibility index (Phi) is 6.37. The Bertz CT molecular complexity index is 1160. The minimum atomic E-state index is -3.98. The zero-order valence-corrected chi connectivity index (χ0v) is 17.3. The molecule has 3 rings (SSSR count). The summed E-state index contributed by atoms with van der Waals surface area (Å²) in [5, 5.41) is 5.48. The first kappa shape index (κ1) is 21.3. The highest BCUT2D eigenvalue weighted by Crippen LogP contribution is 2.28. The predicted molar refractivity (Wildman–Crippen MR) is 113 cm³/mol. The van der Waals surface area contributed by atoms with Crippen LogP contribution in [0.5, 0.6) is 5.75 Å². The van der Waals surface area contributed by atoms with Gasteiger partial charge >= 0.3 is 0 Å². The lowest BCUT2D eigenvalue weighted by atomic mass is 10.2. The SMILES string of the molecule is COc1cccc(NC(=O)CNc2ccc(F)cc2S(=O)(=O)c2ccc(C)cc2)c1. The second-order valence-electron chi connectivity index (χ2n) is 6.59. The van der Waals surface area contributed by atoms with E-state index in [0.717, 1.165) is 17.7 Å². The second-order valence-corrected chi connectivity index (χ2v) is 8.51. The number of aryl methyl sites for hydroxylation is 1. The molecule has 0 spiro atoms. The van der Waals surface area contributed by atoms with Crippen molar-refractivity contribution in [2.45, 2.75) is 16.7 Å². The number of nitrogens with one attached hydrogen (secondary N) is 2. The fourth-order valence-corrected chi connectivity index (χ4v) is 4.24. The van der Waals surface area contributed by atoms with Gasteiger partial charge in [-0.15, -0.1) is 0 Å². The number of carbonyl (C=O) groups excluding carboxylic acids is 1. The summed E-state index contributed by atoms with van der Waals surface area (Å²) in [5.74, 6) is -0.496. The van der Waals surface area contributed by atoms with Gasteiger partial charge in [-0.3, -0.25) is 4.79 Å². The smallest absolute Gasteiger partial charge is 0.243 e. The summed E-state index contributed by atoms with van der Waals surface area (Å²) in [6.07, 6.45) is 0. The third-order valence-corrected chi connectivity index (χ3v) is 6.17. The van der Waals surface area contributed by atoms with E-state index in [-0.39, 0.29) is 22.0 Å². The number of rotatable bonds is 7. The molecule has 0 radical (unpaired) electrons. The molecule has 1 amide bonds. The van der Waals surface area contributed by atoms with Gasteiger partial charge in [-0.1, -0.05) is 23.8 Å². The van der Waals surface area contributed by atoms with E-state index in [1.54, 1.807) is 36.4 Å². The Morgan fingerprint density at radius 3 is 2.47 bits per heavy atom. The van der Waals surface area contributed by atoms with Gasteiger partial charge in [0.1, 0.15) is 11.6 Å². The van der Waals surface area contributed by atoms with Crippen molar-refractivity contribution < 1.29 is 22.3 Å². The summed E-state index contributed by atoms with van der Waals surface area (Å²) in [7, 11) is -2.45. The van der Waals surface area contributed by atoms with E-state index >= 15 is 0 Å². The fraction of sp³-hybridized carbons (Fsp3) is 0.136. The van der Waals surface area contributed by atoms with Crippen molar-refractivity contribution in [2.24, 2.45) is 0 Å². The summed E-state index contributed by atoms with van der Waals surface area (Å²) in [4.78, 5) is 12.1. The van der Waals surface area contributed by atoms with Crippen LogP contribution in [0.1, 0.15) is 5.56 Å². The fourth-order valence-electron chi connectivity index (χ4n) is 2.79. The van der Waals surface area contributed by atoms with E-state index in [1.165, 1.54) is 25.3 Å². The van der Waals surface area contributed by atoms with Crippen LogP contribution in [-0.4, -0.2) is 28.0 Å². The van der Waals surface area contributed by atoms with Gasteiger partial charge in [0.15, 0.2) is 0 Å². The molecule has 0 atom stereocenters. The molecule has 0 aliphatic rings. The van der Waals surface area contributed by atoms with Gasteiger partial charge < -0.3 is 15.4 Å². The van der Waals surface area contributed by atoms with Crippen LogP contribution in [-0.2, 0) is 14.6 Å². The molecule has 0 unspecified atom stereocenters. The maximum Gasteiger partial charge on any atom is 0.243 e. The van der Waals surface area contributed by atoms with E-state index in [9.17, 15) is 17.6 Å². The number of amides is 1. The number of hydrogen-bond acceptors (Lipinski definition) is 5. The number of sulfone groups is 1. The van der Waals surface area contributed by atoms with Crippen LogP contribution in [0.4, 0.5) is 15.8 Å². The molecule has 2 N–H and O–H groups in total. The third kappa shape index (κ3) is 4.96. The van der Waals surface area contributed by atoms with Crippen molar-refractivity contribution in [3.05, 3.63) is 78.1 Å². The molecule has 156 valence electrons. The van der Waals surface area contributed by atoms with Gasteiger partial charge in [0.05, 0.1) is 29.1 Å². The number of hydrogen-bond donors (Lipinski definition) is 2. The summed E-state index contributed by atoms with van der Waals surface area (Å²) >= 11 is 0. The monoisotopic (exact) mass is 428 g/mol. The Labute approximate surface area is 174 Å². The van der Waals surface area contributed by atoms with Crippen LogP contribution in [0.15, 0.2) is 76.5 Å². The van der Waals surface area contributed by atoms with Gasteiger partial charge in [-0.2, -0.15) is 0 Å². The van der Waals surface area contributed by atoms with Crippen LogP contribution in [0.3, 0.4) is 0 Å². The highest BCUT2D eigenvalue weighted by atomic mass is 32.2. The number of anilines is 2. The zero-order chi connectivity index (χ0) is 21.7. The van der Waals surface area contributed by atoms with Crippen LogP contribution >= 0.6 is 0 Å². The van der Waals surface area contributed by atoms with Crippen LogP contribution in [0.25, 0.3) is 0 Å². The highest BCUT2D eigenvalue weighted by molar-refractivity contribution is 7.91. The molecule has 0 saturated carbocycles. The minimum absolute atomic E-state index is 0.0441. The minimum Gasteiger partial charge on any atom is -0.497 e. The lowest BCUT2D eigenvalue weighted by molar-refractivity contribution is -0.114. The third-order valence-electron chi connectivity index (χ3n) is 4.36. The maximum absolute atomic E-state index is 13.8. The van der Waals surface area contributed by atoms with Crippen molar-refractivity contribution >= 4 is 27.1 Å². The number of methoxy groups -OCH3 is 1. The molecule has 0 heterocycles. The van der Waals surface area contributed by atoms with Crippen molar-refractivity contribution in [1.82, 2.24) is 0 Å². The summed E-state index contributed by atoms with van der Waals surface area (Å²) in [6, 6.07) is 16.5. The normalized spacial score (nSPS) is 11.0. The predicted octanol–water partition coefficient (Wildman–Crippen LogP) is 4.03. The average molecular weight is 428 g/mol. The van der Waals surface area contributed by atoms with E-state index in [1.807, 2.05) is 6.92 Å². The topological polar surface area (TPSA) is 84.5 Å². The first-order valence-electron chi connectivity index (χ1n) is 9.08. The molecular weight excluding hydrogens is 407 g/mol. The molecule has 0 aromatic heterocycles. The van der Waals surface area contributed by atoms with Gasteiger partial charge in [0.2, 0.25) is 15.7 Å². The number of halogens is 1. The quantitative estimate of drug-likeness (QED) is 0.594. The molecule has 0 aliphatic heterocycles. The number of ether oxygens (including phenoxy) is 1. The molecule has 0 bridgehead atoms. The summed E-state index contributed by atoms with van der Waals surface area (Å²) < 4.78 is 44.9. The summed E-state index contributed by atoms with van der Waals surface area (Å²) in [5.41, 5.74) is 1.58. The van der Waals surface area contributed by atoms with E-state index in [4.69, 9.17) is 4.74 Å². The molecule has 8 heteroatoms. The molecule has 6 nitrogen and oxygen atoms in total. The summed E-state index contributed by atoms with van der Waals surface area (Å²) in [6.45, 7) is 1.63. The largest absolute Gasteiger partial charge is 0.497 e. The number of benzene rings is 3. The second kappa shape index (κ2) is 8.96. The van der Waals surface area contributed by atoms with E-state index < -0.39 is 21.6 Å². The lowest BCUT2D eigenvalue weighted by Gasteiger charge is -2.13. The van der Waals surface area contributed by atoms with Crippen molar-refractivity contribution in [2.75, 3.05) is 24.3 Å². The average Bonchev–Trinajstić information content (AvgIpc) is 2.73. The highest BCUT2D eigenvalue weighted by Gasteiger charge is 2.22. The van der Waals surface area contributed by atoms with Crippen molar-refractivity contribution in [3.8, 4) is 5.75 Å². The lowest BCUT2D eigenvalue weighted by Crippen LogP contribution is -2.22. The standard InChI is InChI=1S/C22H21FN2O4S/c1-15-6-9-19(10-7-15)30(27,28)21-12-16(23)8-11-20(21)24-14-22(26)25-17-4-3-5-18(13-17)29-2/h3-13,24H,14H2,1-2H3,(H,25,26). The molecule has 0 saturated heterocycles. The molecule has 30 heavy (non-hydrogen) atoms. The van der Waals surface area contributed by atoms with Crippen LogP contribution in [0, 0.1) is 12.7 Å². The van der Waals surface area contributed by atoms with Gasteiger partial charge in [0, 0.05) is 11.8 Å². The first-order chi connectivity index (χ1) is 14.3. The maximum atomic E-state index is 13.8. The van der Waals surface area contributed by atoms with Gasteiger partial charge in [-0.25, -0.2) is 12.8 Å². The molecule has 0 aliphatic carbocycles. The van der Waals surface area contributed by atoms with Crippen LogP contribution < -0.4 is 15.4 Å². The Morgan fingerprint density at radius 2 is 1.77 bits per heavy atom. The Morgan fingerprint density at radius 1 is 1.03 bits per heavy atom. The molecule has 0 fully saturated rings. The zero-order valence-electron chi connectivity index (χ0n) is 16.5. The van der Waals surface area contributed by atoms with Crippen molar-refractivity contribution in [1.29, 1.82) is 0 Å². The van der Waals surface area contributed by atoms with Gasteiger partial charge in [0.25, 0.3) is 0 Å². The van der Waals surface area contributed by atoms with E-state index in [2.05, 4.69) is 10.6 Å². The Balaban J connectivity index is 1.80. The molecular formula is C22H21FN2O4S. The first-order valence-corrected chi connectivity index (χ1v) is 10.6. The molecule has 3 aromatic rings. The number of carbonyl (C=O) groups is 1.